The van der Waals surface area contributed by atoms with Crippen molar-refractivity contribution < 1.29 is 4.79 Å². The molecule has 0 amide bonds. The maximum absolute atomic E-state index is 12.4. The summed E-state index contributed by atoms with van der Waals surface area (Å²) in [6.45, 7) is 8.00. The maximum Gasteiger partial charge on any atom is 0.196 e. The highest BCUT2D eigenvalue weighted by Crippen LogP contribution is 2.24. The minimum Gasteiger partial charge on any atom is -0.362 e. The molecule has 0 saturated carbocycles. The smallest absolute Gasteiger partial charge is 0.196 e. The minimum absolute atomic E-state index is 0.0945. The second-order valence-corrected chi connectivity index (χ2v) is 6.92. The van der Waals surface area contributed by atoms with Gasteiger partial charge in [0.05, 0.1) is 11.4 Å². The maximum atomic E-state index is 12.4. The largest absolute Gasteiger partial charge is 0.362 e. The van der Waals surface area contributed by atoms with E-state index in [0.29, 0.717) is 5.75 Å². The summed E-state index contributed by atoms with van der Waals surface area (Å²) < 4.78 is 1.93. The predicted octanol–water partition coefficient (Wildman–Crippen LogP) is 3.80. The van der Waals surface area contributed by atoms with Crippen LogP contribution in [0.5, 0.6) is 0 Å². The minimum atomic E-state index is 0.0945. The second kappa shape index (κ2) is 6.65. The van der Waals surface area contributed by atoms with E-state index in [4.69, 9.17) is 0 Å². The van der Waals surface area contributed by atoms with Gasteiger partial charge in [0.2, 0.25) is 0 Å². The summed E-state index contributed by atoms with van der Waals surface area (Å²) in [6, 6.07) is 8.14. The van der Waals surface area contributed by atoms with Gasteiger partial charge in [0, 0.05) is 17.0 Å². The highest BCUT2D eigenvalue weighted by molar-refractivity contribution is 7.99. The molecule has 0 fully saturated rings. The SMILES string of the molecule is Cc1ccc(-n2cnnc2SCC(=O)c2cc(C)[nH]c2C)c(C)c1. The summed E-state index contributed by atoms with van der Waals surface area (Å²) in [5, 5.41) is 8.90. The van der Waals surface area contributed by atoms with Crippen molar-refractivity contribution >= 4 is 17.5 Å². The van der Waals surface area contributed by atoms with Crippen LogP contribution in [-0.2, 0) is 0 Å². The number of H-pyrrole nitrogens is 1. The number of carbonyl (C=O) groups is 1. The van der Waals surface area contributed by atoms with Gasteiger partial charge in [0.15, 0.2) is 10.9 Å². The molecule has 124 valence electrons. The van der Waals surface area contributed by atoms with Gasteiger partial charge in [-0.15, -0.1) is 10.2 Å². The number of nitrogens with one attached hydrogen (secondary N) is 1. The van der Waals surface area contributed by atoms with Crippen LogP contribution >= 0.6 is 11.8 Å². The molecule has 3 aromatic rings. The number of nitrogens with zero attached hydrogens (tertiary/aromatic N) is 3. The molecule has 1 N–H and O–H groups in total. The Hall–Kier alpha value is -2.34. The molecule has 0 aliphatic carbocycles. The van der Waals surface area contributed by atoms with Crippen molar-refractivity contribution in [2.75, 3.05) is 5.75 Å². The van der Waals surface area contributed by atoms with Gasteiger partial charge in [-0.3, -0.25) is 9.36 Å². The van der Waals surface area contributed by atoms with E-state index in [1.54, 1.807) is 6.33 Å². The lowest BCUT2D eigenvalue weighted by molar-refractivity contribution is 0.102. The second-order valence-electron chi connectivity index (χ2n) is 5.98. The van der Waals surface area contributed by atoms with Gasteiger partial charge < -0.3 is 4.98 Å². The molecule has 1 aromatic carbocycles. The van der Waals surface area contributed by atoms with E-state index in [0.717, 1.165) is 33.4 Å². The molecule has 0 saturated heterocycles. The van der Waals surface area contributed by atoms with Crippen LogP contribution in [0, 0.1) is 27.7 Å². The molecular formula is C18H20N4OS. The first kappa shape index (κ1) is 16.5. The highest BCUT2D eigenvalue weighted by atomic mass is 32.2. The third-order valence-electron chi connectivity index (χ3n) is 3.91. The molecule has 0 spiro atoms. The van der Waals surface area contributed by atoms with Crippen LogP contribution in [0.1, 0.15) is 32.9 Å². The van der Waals surface area contributed by atoms with Crippen LogP contribution in [-0.4, -0.2) is 31.3 Å². The monoisotopic (exact) mass is 340 g/mol. The number of aryl methyl sites for hydroxylation is 4. The van der Waals surface area contributed by atoms with E-state index in [9.17, 15) is 4.79 Å². The number of hydrogen-bond acceptors (Lipinski definition) is 4. The van der Waals surface area contributed by atoms with Gasteiger partial charge in [-0.25, -0.2) is 0 Å². The third-order valence-corrected chi connectivity index (χ3v) is 4.85. The van der Waals surface area contributed by atoms with Gasteiger partial charge in [-0.05, 0) is 45.4 Å². The average Bonchev–Trinajstić information content (AvgIpc) is 3.11. The molecule has 0 aliphatic rings. The number of benzene rings is 1. The molecule has 2 heterocycles. The Morgan fingerprint density at radius 3 is 2.67 bits per heavy atom. The van der Waals surface area contributed by atoms with Crippen LogP contribution in [0.2, 0.25) is 0 Å². The van der Waals surface area contributed by atoms with E-state index in [2.05, 4.69) is 47.2 Å². The van der Waals surface area contributed by atoms with Crippen LogP contribution < -0.4 is 0 Å². The van der Waals surface area contributed by atoms with Gasteiger partial charge >= 0.3 is 0 Å². The Balaban J connectivity index is 1.79. The number of aromatic nitrogens is 4. The third kappa shape index (κ3) is 3.28. The number of aromatic amines is 1. The number of carbonyl (C=O) groups excluding carboxylic acids is 1. The number of Topliss-reactive ketones (excluding diaryl/α,β-unsaturated/α-hetero) is 1. The standard InChI is InChI=1S/C18H20N4OS/c1-11-5-6-16(12(2)7-11)22-10-19-21-18(22)24-9-17(23)15-8-13(3)20-14(15)4/h5-8,10,20H,9H2,1-4H3. The Kier molecular flexibility index (Phi) is 4.57. The van der Waals surface area contributed by atoms with Crippen molar-refractivity contribution in [3.8, 4) is 5.69 Å². The molecule has 5 nitrogen and oxygen atoms in total. The zero-order valence-corrected chi connectivity index (χ0v) is 15.1. The van der Waals surface area contributed by atoms with E-state index in [1.165, 1.54) is 17.3 Å². The molecule has 0 unspecified atom stereocenters. The normalized spacial score (nSPS) is 11.0. The first-order valence-corrected chi connectivity index (χ1v) is 8.74. The lowest BCUT2D eigenvalue weighted by Gasteiger charge is -2.10. The Labute approximate surface area is 145 Å². The molecule has 0 bridgehead atoms. The van der Waals surface area contributed by atoms with Crippen LogP contribution in [0.15, 0.2) is 35.7 Å². The average molecular weight is 340 g/mol. The van der Waals surface area contributed by atoms with Crippen LogP contribution in [0.3, 0.4) is 0 Å². The fourth-order valence-corrected chi connectivity index (χ4v) is 3.59. The van der Waals surface area contributed by atoms with E-state index in [1.807, 2.05) is 24.5 Å². The molecule has 0 atom stereocenters. The highest BCUT2D eigenvalue weighted by Gasteiger charge is 2.15. The van der Waals surface area contributed by atoms with Gasteiger partial charge in [0.1, 0.15) is 6.33 Å². The fraction of sp³-hybridized carbons (Fsp3) is 0.278. The summed E-state index contributed by atoms with van der Waals surface area (Å²) in [4.78, 5) is 15.6. The zero-order chi connectivity index (χ0) is 17.3. The number of rotatable bonds is 5. The first-order chi connectivity index (χ1) is 11.5. The van der Waals surface area contributed by atoms with Gasteiger partial charge in [-0.2, -0.15) is 0 Å². The van der Waals surface area contributed by atoms with Crippen molar-refractivity contribution in [2.45, 2.75) is 32.9 Å². The lowest BCUT2D eigenvalue weighted by atomic mass is 10.1. The predicted molar refractivity (Wildman–Crippen MR) is 96.2 cm³/mol. The molecule has 0 aliphatic heterocycles. The summed E-state index contributed by atoms with van der Waals surface area (Å²) in [5.74, 6) is 0.430. The zero-order valence-electron chi connectivity index (χ0n) is 14.3. The van der Waals surface area contributed by atoms with E-state index < -0.39 is 0 Å². The van der Waals surface area contributed by atoms with Crippen LogP contribution in [0.4, 0.5) is 0 Å². The van der Waals surface area contributed by atoms with Crippen molar-refractivity contribution in [3.63, 3.8) is 0 Å². The Morgan fingerprint density at radius 1 is 1.21 bits per heavy atom. The molecule has 2 aromatic heterocycles. The first-order valence-electron chi connectivity index (χ1n) is 7.75. The number of ketones is 1. The van der Waals surface area contributed by atoms with E-state index in [-0.39, 0.29) is 5.78 Å². The van der Waals surface area contributed by atoms with Crippen molar-refractivity contribution in [3.05, 3.63) is 58.7 Å². The molecule has 0 radical (unpaired) electrons. The lowest BCUT2D eigenvalue weighted by Crippen LogP contribution is -2.05. The van der Waals surface area contributed by atoms with Gasteiger partial charge in [-0.1, -0.05) is 29.5 Å². The number of thioether (sulfide) groups is 1. The molecule has 6 heteroatoms. The van der Waals surface area contributed by atoms with E-state index >= 15 is 0 Å². The summed E-state index contributed by atoms with van der Waals surface area (Å²) in [5.41, 5.74) is 6.06. The van der Waals surface area contributed by atoms with Crippen molar-refractivity contribution in [2.24, 2.45) is 0 Å². The summed E-state index contributed by atoms with van der Waals surface area (Å²) >= 11 is 1.41. The fourth-order valence-electron chi connectivity index (χ4n) is 2.79. The summed E-state index contributed by atoms with van der Waals surface area (Å²) in [6.07, 6.45) is 1.69. The quantitative estimate of drug-likeness (QED) is 0.567. The summed E-state index contributed by atoms with van der Waals surface area (Å²) in [7, 11) is 0. The topological polar surface area (TPSA) is 63.6 Å². The molecular weight excluding hydrogens is 320 g/mol. The van der Waals surface area contributed by atoms with Crippen molar-refractivity contribution in [1.29, 1.82) is 0 Å². The Bertz CT molecular complexity index is 894. The Morgan fingerprint density at radius 2 is 2.00 bits per heavy atom. The van der Waals surface area contributed by atoms with Gasteiger partial charge in [0.25, 0.3) is 0 Å². The molecule has 3 rings (SSSR count). The van der Waals surface area contributed by atoms with Crippen molar-refractivity contribution in [1.82, 2.24) is 19.7 Å². The number of hydrogen-bond donors (Lipinski definition) is 1. The molecule has 24 heavy (non-hydrogen) atoms. The van der Waals surface area contributed by atoms with Crippen LogP contribution in [0.25, 0.3) is 5.69 Å².